The van der Waals surface area contributed by atoms with Gasteiger partial charge in [0, 0.05) is 55.8 Å². The summed E-state index contributed by atoms with van der Waals surface area (Å²) in [6.07, 6.45) is 5.55. The summed E-state index contributed by atoms with van der Waals surface area (Å²) >= 11 is 1.38. The van der Waals surface area contributed by atoms with E-state index in [2.05, 4.69) is 19.6 Å². The molecule has 1 aliphatic rings. The number of hydrogen-bond acceptors (Lipinski definition) is 7. The van der Waals surface area contributed by atoms with Gasteiger partial charge in [-0.2, -0.15) is 4.37 Å². The third kappa shape index (κ3) is 6.44. The van der Waals surface area contributed by atoms with Gasteiger partial charge < -0.3 is 10.2 Å². The summed E-state index contributed by atoms with van der Waals surface area (Å²) in [6.45, 7) is 2.30. The van der Waals surface area contributed by atoms with Gasteiger partial charge in [0.2, 0.25) is 11.0 Å². The Hall–Kier alpha value is -3.66. The van der Waals surface area contributed by atoms with E-state index in [0.29, 0.717) is 18.9 Å². The normalized spacial score (nSPS) is 14.4. The number of rotatable bonds is 8. The van der Waals surface area contributed by atoms with Crippen LogP contribution in [0.4, 0.5) is 15.2 Å². The van der Waals surface area contributed by atoms with E-state index in [-0.39, 0.29) is 17.4 Å². The van der Waals surface area contributed by atoms with Crippen molar-refractivity contribution in [2.24, 2.45) is 5.92 Å². The number of carbonyl (C=O) groups is 1. The Morgan fingerprint density at radius 1 is 1.18 bits per heavy atom. The third-order valence-electron chi connectivity index (χ3n) is 5.71. The average molecular weight is 482 g/mol. The molecule has 2 heterocycles. The number of nitro benzene ring substituents is 1. The molecule has 1 aromatic heterocycles. The monoisotopic (exact) mass is 481 g/mol. The molecule has 2 aromatic carbocycles. The molecule has 34 heavy (non-hydrogen) atoms. The number of halogens is 1. The Morgan fingerprint density at radius 3 is 2.56 bits per heavy atom. The van der Waals surface area contributed by atoms with Gasteiger partial charge in [-0.05, 0) is 60.2 Å². The molecule has 1 amide bonds. The van der Waals surface area contributed by atoms with E-state index in [1.165, 1.54) is 41.9 Å². The summed E-state index contributed by atoms with van der Waals surface area (Å²) in [5.74, 6) is 0.686. The number of amides is 1. The summed E-state index contributed by atoms with van der Waals surface area (Å²) in [5, 5.41) is 14.5. The van der Waals surface area contributed by atoms with E-state index in [4.69, 9.17) is 0 Å². The molecule has 1 aliphatic heterocycles. The van der Waals surface area contributed by atoms with Crippen LogP contribution in [0.5, 0.6) is 0 Å². The predicted molar refractivity (Wildman–Crippen MR) is 129 cm³/mol. The van der Waals surface area contributed by atoms with Gasteiger partial charge in [0.15, 0.2) is 0 Å². The quantitative estimate of drug-likeness (QED) is 0.294. The van der Waals surface area contributed by atoms with Crippen LogP contribution in [0, 0.1) is 21.8 Å². The molecule has 0 atom stereocenters. The predicted octanol–water partition coefficient (Wildman–Crippen LogP) is 4.22. The fourth-order valence-corrected chi connectivity index (χ4v) is 4.48. The van der Waals surface area contributed by atoms with Crippen LogP contribution in [-0.2, 0) is 11.2 Å². The third-order valence-corrected chi connectivity index (χ3v) is 6.53. The first-order valence-corrected chi connectivity index (χ1v) is 11.8. The minimum Gasteiger partial charge on any atom is -0.352 e. The lowest BCUT2D eigenvalue weighted by atomic mass is 9.97. The van der Waals surface area contributed by atoms with Gasteiger partial charge >= 0.3 is 0 Å². The first-order chi connectivity index (χ1) is 16.5. The second-order valence-electron chi connectivity index (χ2n) is 8.15. The average Bonchev–Trinajstić information content (AvgIpc) is 3.32. The number of benzene rings is 2. The molecule has 8 nitrogen and oxygen atoms in total. The van der Waals surface area contributed by atoms with Gasteiger partial charge in [-0.25, -0.2) is 9.37 Å². The largest absolute Gasteiger partial charge is 0.352 e. The standard InChI is InChI=1S/C24H24FN5O3S/c25-20-6-1-18(2-7-20)15-22-27-24(34-28-22)29-13-11-19(12-14-29)16-26-23(31)10-5-17-3-8-21(9-4-17)30(32)33/h1-10,19H,11-16H2,(H,26,31). The molecule has 0 unspecified atom stereocenters. The molecule has 0 saturated carbocycles. The zero-order valence-electron chi connectivity index (χ0n) is 18.4. The molecule has 1 saturated heterocycles. The molecule has 4 rings (SSSR count). The van der Waals surface area contributed by atoms with Crippen LogP contribution >= 0.6 is 11.5 Å². The van der Waals surface area contributed by atoms with Crippen molar-refractivity contribution in [2.45, 2.75) is 19.3 Å². The summed E-state index contributed by atoms with van der Waals surface area (Å²) < 4.78 is 17.5. The lowest BCUT2D eigenvalue weighted by Gasteiger charge is -2.31. The number of nitrogens with one attached hydrogen (secondary N) is 1. The number of anilines is 1. The minimum absolute atomic E-state index is 0.0191. The van der Waals surface area contributed by atoms with Crippen molar-refractivity contribution in [1.82, 2.24) is 14.7 Å². The number of non-ortho nitro benzene ring substituents is 1. The second-order valence-corrected chi connectivity index (χ2v) is 8.88. The number of piperidine rings is 1. The molecule has 0 spiro atoms. The van der Waals surface area contributed by atoms with Gasteiger partial charge in [-0.15, -0.1) is 0 Å². The highest BCUT2D eigenvalue weighted by Crippen LogP contribution is 2.25. The van der Waals surface area contributed by atoms with Crippen LogP contribution in [0.2, 0.25) is 0 Å². The Bertz CT molecular complexity index is 1160. The second kappa shape index (κ2) is 11.0. The minimum atomic E-state index is -0.455. The van der Waals surface area contributed by atoms with Gasteiger partial charge in [0.1, 0.15) is 11.6 Å². The number of hydrogen-bond donors (Lipinski definition) is 1. The summed E-state index contributed by atoms with van der Waals surface area (Å²) in [6, 6.07) is 12.4. The zero-order valence-corrected chi connectivity index (χ0v) is 19.2. The molecule has 176 valence electrons. The topological polar surface area (TPSA) is 101 Å². The Balaban J connectivity index is 1.20. The molecule has 1 fully saturated rings. The maximum atomic E-state index is 13.1. The SMILES string of the molecule is O=C(C=Cc1ccc([N+](=O)[O-])cc1)NCC1CCN(c2nc(Cc3ccc(F)cc3)ns2)CC1. The molecule has 0 radical (unpaired) electrons. The van der Waals surface area contributed by atoms with E-state index in [1.54, 1.807) is 30.3 Å². The lowest BCUT2D eigenvalue weighted by molar-refractivity contribution is -0.384. The smallest absolute Gasteiger partial charge is 0.269 e. The number of nitrogens with zero attached hydrogens (tertiary/aromatic N) is 4. The fraction of sp³-hybridized carbons (Fsp3) is 0.292. The first-order valence-electron chi connectivity index (χ1n) is 11.0. The van der Waals surface area contributed by atoms with Crippen LogP contribution in [0.15, 0.2) is 54.6 Å². The summed E-state index contributed by atoms with van der Waals surface area (Å²) in [5.41, 5.74) is 1.72. The van der Waals surface area contributed by atoms with E-state index >= 15 is 0 Å². The van der Waals surface area contributed by atoms with Crippen molar-refractivity contribution in [3.8, 4) is 0 Å². The van der Waals surface area contributed by atoms with Crippen molar-refractivity contribution >= 4 is 34.3 Å². The number of nitro groups is 1. The summed E-state index contributed by atoms with van der Waals surface area (Å²) in [7, 11) is 0. The maximum Gasteiger partial charge on any atom is 0.269 e. The van der Waals surface area contributed by atoms with Crippen molar-refractivity contribution < 1.29 is 14.1 Å². The van der Waals surface area contributed by atoms with Crippen molar-refractivity contribution in [2.75, 3.05) is 24.5 Å². The van der Waals surface area contributed by atoms with Gasteiger partial charge in [0.05, 0.1) is 4.92 Å². The van der Waals surface area contributed by atoms with E-state index in [1.807, 2.05) is 0 Å². The molecule has 0 bridgehead atoms. The molecular weight excluding hydrogens is 457 g/mol. The number of carbonyl (C=O) groups excluding carboxylic acids is 1. The van der Waals surface area contributed by atoms with E-state index in [9.17, 15) is 19.3 Å². The molecule has 0 aliphatic carbocycles. The highest BCUT2D eigenvalue weighted by molar-refractivity contribution is 7.09. The van der Waals surface area contributed by atoms with Crippen molar-refractivity contribution in [3.05, 3.63) is 87.5 Å². The lowest BCUT2D eigenvalue weighted by Crippen LogP contribution is -2.38. The van der Waals surface area contributed by atoms with Crippen LogP contribution < -0.4 is 10.2 Å². The Kier molecular flexibility index (Phi) is 7.58. The van der Waals surface area contributed by atoms with E-state index in [0.717, 1.165) is 48.0 Å². The fourth-order valence-electron chi connectivity index (χ4n) is 3.74. The summed E-state index contributed by atoms with van der Waals surface area (Å²) in [4.78, 5) is 29.2. The van der Waals surface area contributed by atoms with Crippen molar-refractivity contribution in [3.63, 3.8) is 0 Å². The molecular formula is C24H24FN5O3S. The highest BCUT2D eigenvalue weighted by Gasteiger charge is 2.22. The van der Waals surface area contributed by atoms with Crippen LogP contribution in [0.3, 0.4) is 0 Å². The molecule has 1 N–H and O–H groups in total. The number of aromatic nitrogens is 2. The van der Waals surface area contributed by atoms with Gasteiger partial charge in [-0.3, -0.25) is 14.9 Å². The Labute approximate surface area is 200 Å². The van der Waals surface area contributed by atoms with Gasteiger partial charge in [-0.1, -0.05) is 12.1 Å². The van der Waals surface area contributed by atoms with Crippen LogP contribution in [0.1, 0.15) is 29.8 Å². The van der Waals surface area contributed by atoms with Gasteiger partial charge in [0.25, 0.3) is 5.69 Å². The van der Waals surface area contributed by atoms with Crippen molar-refractivity contribution in [1.29, 1.82) is 0 Å². The first kappa shape index (κ1) is 23.5. The Morgan fingerprint density at radius 2 is 1.88 bits per heavy atom. The van der Waals surface area contributed by atoms with E-state index < -0.39 is 4.92 Å². The maximum absolute atomic E-state index is 13.1. The molecule has 3 aromatic rings. The van der Waals surface area contributed by atoms with Crippen LogP contribution in [-0.4, -0.2) is 39.8 Å². The molecule has 10 heteroatoms. The highest BCUT2D eigenvalue weighted by atomic mass is 32.1. The van der Waals surface area contributed by atoms with Crippen LogP contribution in [0.25, 0.3) is 6.08 Å². The zero-order chi connectivity index (χ0) is 23.9.